The molecule has 0 atom stereocenters. The Hall–Kier alpha value is -1.33. The molecule has 0 aromatic heterocycles. The highest BCUT2D eigenvalue weighted by Crippen LogP contribution is 2.35. The number of carboxylic acid groups (broad SMARTS) is 1. The van der Waals surface area contributed by atoms with Crippen molar-refractivity contribution in [1.82, 2.24) is 0 Å². The Balaban J connectivity index is 0. The largest absolute Gasteiger partial charge is 0.504 e. The zero-order valence-electron chi connectivity index (χ0n) is 14.3. The predicted molar refractivity (Wildman–Crippen MR) is 98.9 cm³/mol. The van der Waals surface area contributed by atoms with Gasteiger partial charge in [-0.15, -0.1) is 23.2 Å². The molecule has 24 heavy (non-hydrogen) atoms. The van der Waals surface area contributed by atoms with Crippen molar-refractivity contribution in [3.63, 3.8) is 0 Å². The highest BCUT2D eigenvalue weighted by molar-refractivity contribution is 6.18. The summed E-state index contributed by atoms with van der Waals surface area (Å²) in [6, 6.07) is 1.69. The van der Waals surface area contributed by atoms with E-state index in [1.165, 1.54) is 38.5 Å². The molecule has 1 aromatic rings. The molecule has 0 amide bonds. The number of unbranched alkanes of at least 4 members (excludes halogenated alkanes) is 4. The lowest BCUT2D eigenvalue weighted by Crippen LogP contribution is -1.95. The van der Waals surface area contributed by atoms with E-state index < -0.39 is 23.2 Å². The van der Waals surface area contributed by atoms with E-state index in [4.69, 9.17) is 43.6 Å². The van der Waals surface area contributed by atoms with Gasteiger partial charge in [-0.3, -0.25) is 0 Å². The van der Waals surface area contributed by atoms with Crippen molar-refractivity contribution in [2.45, 2.75) is 52.4 Å². The van der Waals surface area contributed by atoms with Crippen LogP contribution < -0.4 is 0 Å². The van der Waals surface area contributed by atoms with Crippen LogP contribution >= 0.6 is 23.2 Å². The minimum absolute atomic E-state index is 0.289. The smallest absolute Gasteiger partial charge is 0.335 e. The second-order valence-corrected chi connectivity index (χ2v) is 5.72. The number of hydrogen-bond acceptors (Lipinski definition) is 4. The Morgan fingerprint density at radius 3 is 1.46 bits per heavy atom. The predicted octanol–water partition coefficient (Wildman–Crippen LogP) is 5.33. The summed E-state index contributed by atoms with van der Waals surface area (Å²) in [5.74, 6) is -1.68. The number of aromatic carboxylic acids is 1. The zero-order chi connectivity index (χ0) is 19.0. The van der Waals surface area contributed by atoms with Gasteiger partial charge in [0.1, 0.15) is 0 Å². The lowest BCUT2D eigenvalue weighted by Gasteiger charge is -2.01. The van der Waals surface area contributed by atoms with E-state index in [9.17, 15) is 4.79 Å². The highest BCUT2D eigenvalue weighted by Gasteiger charge is 2.11. The number of carboxylic acids is 1. The summed E-state index contributed by atoms with van der Waals surface area (Å²) in [7, 11) is 0. The normalized spacial score (nSPS) is 9.33. The van der Waals surface area contributed by atoms with Gasteiger partial charge in [-0.2, -0.15) is 0 Å². The van der Waals surface area contributed by atoms with Crippen LogP contribution in [-0.4, -0.2) is 38.2 Å². The maximum Gasteiger partial charge on any atom is 0.335 e. The number of phenolic OH excluding ortho intramolecular Hbond substituents is 3. The molecule has 1 rings (SSSR count). The fourth-order valence-electron chi connectivity index (χ4n) is 1.42. The summed E-state index contributed by atoms with van der Waals surface area (Å²) in [6.45, 7) is 4.35. The topological polar surface area (TPSA) is 98.0 Å². The lowest BCUT2D eigenvalue weighted by atomic mass is 10.2. The fraction of sp³-hybridized carbons (Fsp3) is 0.588. The van der Waals surface area contributed by atoms with E-state index >= 15 is 0 Å². The highest BCUT2D eigenvalue weighted by atomic mass is 35.5. The number of hydrogen-bond donors (Lipinski definition) is 4. The molecule has 0 fully saturated rings. The Bertz CT molecular complexity index is 414. The number of halogens is 2. The first-order valence-electron chi connectivity index (χ1n) is 7.95. The van der Waals surface area contributed by atoms with Gasteiger partial charge in [0.05, 0.1) is 5.56 Å². The first kappa shape index (κ1) is 24.9. The molecule has 0 aliphatic heterocycles. The van der Waals surface area contributed by atoms with Crippen LogP contribution in [0.5, 0.6) is 17.2 Å². The molecular formula is C17H28Cl2O5. The van der Waals surface area contributed by atoms with Crippen LogP contribution in [0.1, 0.15) is 62.7 Å². The van der Waals surface area contributed by atoms with Gasteiger partial charge < -0.3 is 20.4 Å². The molecule has 7 heteroatoms. The molecular weight excluding hydrogens is 355 g/mol. The summed E-state index contributed by atoms with van der Waals surface area (Å²) in [4.78, 5) is 10.3. The van der Waals surface area contributed by atoms with Crippen molar-refractivity contribution >= 4 is 29.2 Å². The molecule has 5 nitrogen and oxygen atoms in total. The molecule has 0 saturated heterocycles. The summed E-state index contributed by atoms with van der Waals surface area (Å²) in [6.07, 6.45) is 7.46. The minimum Gasteiger partial charge on any atom is -0.504 e. The molecule has 140 valence electrons. The van der Waals surface area contributed by atoms with Gasteiger partial charge >= 0.3 is 5.97 Å². The molecule has 0 aliphatic rings. The third-order valence-corrected chi connectivity index (χ3v) is 3.33. The molecule has 0 radical (unpaired) electrons. The van der Waals surface area contributed by atoms with Crippen molar-refractivity contribution < 1.29 is 25.2 Å². The standard InChI is InChI=1S/C7H6O5.2C5H11Cl/c8-4-1-3(7(11)12)2-5(9)6(4)10;2*1-2-3-4-5-6/h1-2,8-10H,(H,11,12);2*2-5H2,1H3. The summed E-state index contributed by atoms with van der Waals surface area (Å²) in [5.41, 5.74) is -0.289. The van der Waals surface area contributed by atoms with Crippen LogP contribution in [0.3, 0.4) is 0 Å². The number of phenols is 3. The van der Waals surface area contributed by atoms with E-state index in [0.717, 1.165) is 23.9 Å². The summed E-state index contributed by atoms with van der Waals surface area (Å²) < 4.78 is 0. The zero-order valence-corrected chi connectivity index (χ0v) is 15.8. The summed E-state index contributed by atoms with van der Waals surface area (Å²) in [5, 5.41) is 35.0. The first-order valence-corrected chi connectivity index (χ1v) is 9.02. The Labute approximate surface area is 153 Å². The molecule has 0 spiro atoms. The third-order valence-electron chi connectivity index (χ3n) is 2.79. The van der Waals surface area contributed by atoms with Gasteiger partial charge in [-0.1, -0.05) is 39.5 Å². The first-order chi connectivity index (χ1) is 11.3. The lowest BCUT2D eigenvalue weighted by molar-refractivity contribution is 0.0696. The van der Waals surface area contributed by atoms with Gasteiger partial charge in [0.2, 0.25) is 0 Å². The molecule has 0 aliphatic carbocycles. The van der Waals surface area contributed by atoms with E-state index in [0.29, 0.717) is 0 Å². The maximum atomic E-state index is 10.3. The number of rotatable bonds is 7. The van der Waals surface area contributed by atoms with Gasteiger partial charge in [0.15, 0.2) is 17.2 Å². The van der Waals surface area contributed by atoms with Crippen molar-refractivity contribution in [1.29, 1.82) is 0 Å². The van der Waals surface area contributed by atoms with Crippen LogP contribution in [0.25, 0.3) is 0 Å². The summed E-state index contributed by atoms with van der Waals surface area (Å²) >= 11 is 10.8. The number of carbonyl (C=O) groups is 1. The van der Waals surface area contributed by atoms with Gasteiger partial charge in [-0.05, 0) is 25.0 Å². The maximum absolute atomic E-state index is 10.3. The van der Waals surface area contributed by atoms with E-state index in [1.54, 1.807) is 0 Å². The Kier molecular flexibility index (Phi) is 17.2. The number of aromatic hydroxyl groups is 3. The number of alkyl halides is 2. The van der Waals surface area contributed by atoms with Crippen molar-refractivity contribution in [2.24, 2.45) is 0 Å². The van der Waals surface area contributed by atoms with Crippen molar-refractivity contribution in [3.05, 3.63) is 17.7 Å². The van der Waals surface area contributed by atoms with Crippen LogP contribution in [0.2, 0.25) is 0 Å². The van der Waals surface area contributed by atoms with Crippen LogP contribution in [0, 0.1) is 0 Å². The molecule has 4 N–H and O–H groups in total. The third kappa shape index (κ3) is 13.1. The minimum atomic E-state index is -1.29. The van der Waals surface area contributed by atoms with Crippen molar-refractivity contribution in [2.75, 3.05) is 11.8 Å². The molecule has 0 unspecified atom stereocenters. The molecule has 0 bridgehead atoms. The van der Waals surface area contributed by atoms with Crippen LogP contribution in [-0.2, 0) is 0 Å². The molecule has 0 saturated carbocycles. The average Bonchev–Trinajstić information content (AvgIpc) is 2.56. The average molecular weight is 383 g/mol. The Morgan fingerprint density at radius 2 is 1.25 bits per heavy atom. The number of benzene rings is 1. The van der Waals surface area contributed by atoms with E-state index in [1.807, 2.05) is 0 Å². The van der Waals surface area contributed by atoms with Gasteiger partial charge in [-0.25, -0.2) is 4.79 Å². The molecule has 1 aromatic carbocycles. The SMILES string of the molecule is CCCCCCl.CCCCCCl.O=C(O)c1cc(O)c(O)c(O)c1. The van der Waals surface area contributed by atoms with Crippen LogP contribution in [0.15, 0.2) is 12.1 Å². The monoisotopic (exact) mass is 382 g/mol. The van der Waals surface area contributed by atoms with Crippen LogP contribution in [0.4, 0.5) is 0 Å². The van der Waals surface area contributed by atoms with Crippen molar-refractivity contribution in [3.8, 4) is 17.2 Å². The second kappa shape index (κ2) is 16.5. The van der Waals surface area contributed by atoms with E-state index in [-0.39, 0.29) is 5.56 Å². The van der Waals surface area contributed by atoms with Gasteiger partial charge in [0.25, 0.3) is 0 Å². The quantitative estimate of drug-likeness (QED) is 0.290. The van der Waals surface area contributed by atoms with E-state index in [2.05, 4.69) is 13.8 Å². The molecule has 0 heterocycles. The second-order valence-electron chi connectivity index (χ2n) is 4.96. The Morgan fingerprint density at radius 1 is 0.875 bits per heavy atom. The fourth-order valence-corrected chi connectivity index (χ4v) is 1.79. The van der Waals surface area contributed by atoms with Gasteiger partial charge in [0, 0.05) is 11.8 Å².